The molecule has 2 atom stereocenters. The summed E-state index contributed by atoms with van der Waals surface area (Å²) < 4.78 is 10.1. The Morgan fingerprint density at radius 1 is 1.64 bits per heavy atom. The highest BCUT2D eigenvalue weighted by Crippen LogP contribution is 2.23. The van der Waals surface area contributed by atoms with Gasteiger partial charge in [0.15, 0.2) is 5.82 Å². The van der Waals surface area contributed by atoms with Gasteiger partial charge in [-0.05, 0) is 6.42 Å². The second-order valence-corrected chi connectivity index (χ2v) is 3.34. The van der Waals surface area contributed by atoms with Crippen molar-refractivity contribution >= 4 is 0 Å². The van der Waals surface area contributed by atoms with Crippen LogP contribution in [0.25, 0.3) is 0 Å². The highest BCUT2D eigenvalue weighted by molar-refractivity contribution is 4.99. The number of hydrogen-bond donors (Lipinski definition) is 2. The molecule has 6 nitrogen and oxygen atoms in total. The molecule has 0 aliphatic carbocycles. The van der Waals surface area contributed by atoms with E-state index in [4.69, 9.17) is 20.1 Å². The molecule has 1 fully saturated rings. The molecule has 1 aromatic rings. The molecule has 0 saturated carbocycles. The number of aliphatic hydroxyl groups excluding tert-OH is 1. The fourth-order valence-corrected chi connectivity index (χ4v) is 1.38. The largest absolute Gasteiger partial charge is 0.394 e. The van der Waals surface area contributed by atoms with E-state index in [-0.39, 0.29) is 18.4 Å². The van der Waals surface area contributed by atoms with Crippen LogP contribution in [-0.4, -0.2) is 35.1 Å². The second kappa shape index (κ2) is 4.04. The van der Waals surface area contributed by atoms with Crippen molar-refractivity contribution in [3.63, 3.8) is 0 Å². The average Bonchev–Trinajstić information content (AvgIpc) is 2.86. The van der Waals surface area contributed by atoms with Crippen LogP contribution in [0.4, 0.5) is 0 Å². The SMILES string of the molecule is N[C@H](CO)c1nc(C2CCOC2)no1. The maximum Gasteiger partial charge on any atom is 0.245 e. The van der Waals surface area contributed by atoms with Crippen LogP contribution >= 0.6 is 0 Å². The number of rotatable bonds is 3. The molecule has 2 rings (SSSR count). The smallest absolute Gasteiger partial charge is 0.245 e. The number of aromatic nitrogens is 2. The number of nitrogens with two attached hydrogens (primary N) is 1. The summed E-state index contributed by atoms with van der Waals surface area (Å²) in [5, 5.41) is 12.6. The minimum atomic E-state index is -0.585. The minimum absolute atomic E-state index is 0.192. The Morgan fingerprint density at radius 3 is 3.14 bits per heavy atom. The van der Waals surface area contributed by atoms with Crippen LogP contribution in [0.15, 0.2) is 4.52 Å². The molecule has 78 valence electrons. The van der Waals surface area contributed by atoms with Gasteiger partial charge in [-0.1, -0.05) is 5.16 Å². The van der Waals surface area contributed by atoms with E-state index in [1.165, 1.54) is 0 Å². The molecular formula is C8H13N3O3. The first kappa shape index (κ1) is 9.57. The Labute approximate surface area is 81.0 Å². The van der Waals surface area contributed by atoms with Gasteiger partial charge in [0, 0.05) is 12.5 Å². The fourth-order valence-electron chi connectivity index (χ4n) is 1.38. The van der Waals surface area contributed by atoms with Crippen molar-refractivity contribution in [3.05, 3.63) is 11.7 Å². The van der Waals surface area contributed by atoms with Crippen molar-refractivity contribution in [2.24, 2.45) is 5.73 Å². The summed E-state index contributed by atoms with van der Waals surface area (Å²) in [6, 6.07) is -0.585. The van der Waals surface area contributed by atoms with E-state index >= 15 is 0 Å². The third kappa shape index (κ3) is 1.77. The molecule has 1 unspecified atom stereocenters. The summed E-state index contributed by atoms with van der Waals surface area (Å²) in [5.74, 6) is 1.12. The monoisotopic (exact) mass is 199 g/mol. The van der Waals surface area contributed by atoms with Gasteiger partial charge in [-0.25, -0.2) is 0 Å². The van der Waals surface area contributed by atoms with E-state index in [0.29, 0.717) is 12.4 Å². The molecule has 0 aromatic carbocycles. The van der Waals surface area contributed by atoms with E-state index in [9.17, 15) is 0 Å². The zero-order valence-electron chi connectivity index (χ0n) is 7.72. The maximum atomic E-state index is 8.79. The molecule has 1 aliphatic heterocycles. The molecule has 1 aliphatic rings. The average molecular weight is 199 g/mol. The van der Waals surface area contributed by atoms with Crippen LogP contribution in [0.5, 0.6) is 0 Å². The summed E-state index contributed by atoms with van der Waals surface area (Å²) in [6.45, 7) is 1.18. The standard InChI is InChI=1S/C8H13N3O3/c9-6(3-12)8-10-7(11-14-8)5-1-2-13-4-5/h5-6,12H,1-4,9H2/t5?,6-/m1/s1. The number of ether oxygens (including phenoxy) is 1. The molecule has 3 N–H and O–H groups in total. The molecule has 0 bridgehead atoms. The van der Waals surface area contributed by atoms with Gasteiger partial charge in [0.25, 0.3) is 0 Å². The molecular weight excluding hydrogens is 186 g/mol. The van der Waals surface area contributed by atoms with Crippen molar-refractivity contribution < 1.29 is 14.4 Å². The Morgan fingerprint density at radius 2 is 2.50 bits per heavy atom. The third-order valence-corrected chi connectivity index (χ3v) is 2.27. The van der Waals surface area contributed by atoms with E-state index in [1.807, 2.05) is 0 Å². The van der Waals surface area contributed by atoms with Crippen LogP contribution in [0.1, 0.15) is 30.1 Å². The molecule has 2 heterocycles. The van der Waals surface area contributed by atoms with Gasteiger partial charge in [-0.3, -0.25) is 0 Å². The Kier molecular flexibility index (Phi) is 2.76. The minimum Gasteiger partial charge on any atom is -0.394 e. The summed E-state index contributed by atoms with van der Waals surface area (Å²) in [6.07, 6.45) is 0.910. The van der Waals surface area contributed by atoms with Crippen LogP contribution in [0.3, 0.4) is 0 Å². The molecule has 1 saturated heterocycles. The van der Waals surface area contributed by atoms with Crippen LogP contribution in [0.2, 0.25) is 0 Å². The van der Waals surface area contributed by atoms with Crippen molar-refractivity contribution in [2.75, 3.05) is 19.8 Å². The fraction of sp³-hybridized carbons (Fsp3) is 0.750. The first-order valence-corrected chi connectivity index (χ1v) is 4.59. The summed E-state index contributed by atoms with van der Waals surface area (Å²) >= 11 is 0. The molecule has 1 aromatic heterocycles. The van der Waals surface area contributed by atoms with Crippen molar-refractivity contribution in [2.45, 2.75) is 18.4 Å². The topological polar surface area (TPSA) is 94.4 Å². The lowest BCUT2D eigenvalue weighted by Gasteiger charge is -2.00. The van der Waals surface area contributed by atoms with E-state index in [2.05, 4.69) is 10.1 Å². The van der Waals surface area contributed by atoms with Crippen LogP contribution in [0, 0.1) is 0 Å². The Hall–Kier alpha value is -0.980. The Bertz CT molecular complexity index is 296. The summed E-state index contributed by atoms with van der Waals surface area (Å²) in [7, 11) is 0. The van der Waals surface area contributed by atoms with Gasteiger partial charge >= 0.3 is 0 Å². The molecule has 0 amide bonds. The van der Waals surface area contributed by atoms with Gasteiger partial charge in [-0.15, -0.1) is 0 Å². The highest BCUT2D eigenvalue weighted by atomic mass is 16.5. The highest BCUT2D eigenvalue weighted by Gasteiger charge is 2.24. The van der Waals surface area contributed by atoms with Gasteiger partial charge in [-0.2, -0.15) is 4.98 Å². The van der Waals surface area contributed by atoms with Crippen molar-refractivity contribution in [1.29, 1.82) is 0 Å². The molecule has 0 radical (unpaired) electrons. The number of nitrogens with zero attached hydrogens (tertiary/aromatic N) is 2. The van der Waals surface area contributed by atoms with Gasteiger partial charge in [0.1, 0.15) is 6.04 Å². The normalized spacial score (nSPS) is 24.0. The zero-order valence-corrected chi connectivity index (χ0v) is 7.72. The first-order valence-electron chi connectivity index (χ1n) is 4.59. The third-order valence-electron chi connectivity index (χ3n) is 2.27. The lowest BCUT2D eigenvalue weighted by Crippen LogP contribution is -2.15. The summed E-state index contributed by atoms with van der Waals surface area (Å²) in [4.78, 5) is 4.12. The molecule has 6 heteroatoms. The van der Waals surface area contributed by atoms with Gasteiger partial charge in [0.2, 0.25) is 5.89 Å². The van der Waals surface area contributed by atoms with E-state index in [0.717, 1.165) is 13.0 Å². The van der Waals surface area contributed by atoms with Gasteiger partial charge < -0.3 is 20.1 Å². The zero-order chi connectivity index (χ0) is 9.97. The summed E-state index contributed by atoms with van der Waals surface area (Å²) in [5.41, 5.74) is 5.53. The first-order chi connectivity index (χ1) is 6.81. The van der Waals surface area contributed by atoms with E-state index in [1.54, 1.807) is 0 Å². The van der Waals surface area contributed by atoms with E-state index < -0.39 is 6.04 Å². The Balaban J connectivity index is 2.08. The lowest BCUT2D eigenvalue weighted by molar-refractivity contribution is 0.192. The van der Waals surface area contributed by atoms with Crippen molar-refractivity contribution in [1.82, 2.24) is 10.1 Å². The van der Waals surface area contributed by atoms with Gasteiger partial charge in [0.05, 0.1) is 13.2 Å². The predicted molar refractivity (Wildman–Crippen MR) is 46.5 cm³/mol. The molecule has 14 heavy (non-hydrogen) atoms. The molecule has 0 spiro atoms. The quantitative estimate of drug-likeness (QED) is 0.685. The van der Waals surface area contributed by atoms with Crippen LogP contribution in [-0.2, 0) is 4.74 Å². The predicted octanol–water partition coefficient (Wildman–Crippen LogP) is -0.434. The maximum absolute atomic E-state index is 8.79. The lowest BCUT2D eigenvalue weighted by atomic mass is 10.1. The van der Waals surface area contributed by atoms with Crippen molar-refractivity contribution in [3.8, 4) is 0 Å². The second-order valence-electron chi connectivity index (χ2n) is 3.34. The number of aliphatic hydroxyl groups is 1. The number of hydrogen-bond acceptors (Lipinski definition) is 6. The van der Waals surface area contributed by atoms with Crippen LogP contribution < -0.4 is 5.73 Å².